The molecule has 27 heavy (non-hydrogen) atoms. The molecule has 142 valence electrons. The minimum absolute atomic E-state index is 0.0744. The van der Waals surface area contributed by atoms with E-state index in [2.05, 4.69) is 15.3 Å². The zero-order chi connectivity index (χ0) is 20.2. The second-order valence-corrected chi connectivity index (χ2v) is 6.67. The van der Waals surface area contributed by atoms with E-state index in [1.807, 2.05) is 6.07 Å². The number of nitrogen functional groups attached to an aromatic ring is 1. The van der Waals surface area contributed by atoms with Gasteiger partial charge in [-0.2, -0.15) is 18.4 Å². The van der Waals surface area contributed by atoms with E-state index >= 15 is 0 Å². The summed E-state index contributed by atoms with van der Waals surface area (Å²) < 4.78 is 51.4. The molecule has 0 fully saturated rings. The third-order valence-corrected chi connectivity index (χ3v) is 4.72. The smallest absolute Gasteiger partial charge is 0.368 e. The Balaban J connectivity index is 2.12. The summed E-state index contributed by atoms with van der Waals surface area (Å²) in [6.07, 6.45) is -3.19. The molecule has 0 unspecified atom stereocenters. The molecule has 2 aromatic rings. The largest absolute Gasteiger partial charge is 0.419 e. The number of amides is 1. The lowest BCUT2D eigenvalue weighted by Gasteiger charge is -2.11. The Morgan fingerprint density at radius 3 is 2.59 bits per heavy atom. The van der Waals surface area contributed by atoms with Crippen molar-refractivity contribution in [3.63, 3.8) is 0 Å². The molecule has 1 heterocycles. The van der Waals surface area contributed by atoms with Crippen LogP contribution in [0, 0.1) is 17.1 Å². The van der Waals surface area contributed by atoms with Crippen LogP contribution in [0.25, 0.3) is 0 Å². The molecule has 2 rings (SSSR count). The normalized spacial score (nSPS) is 11.1. The molecule has 0 atom stereocenters. The van der Waals surface area contributed by atoms with Gasteiger partial charge in [-0.15, -0.1) is 11.8 Å². The van der Waals surface area contributed by atoms with Crippen LogP contribution in [0.5, 0.6) is 0 Å². The number of rotatable bonds is 5. The van der Waals surface area contributed by atoms with Gasteiger partial charge in [-0.25, -0.2) is 14.4 Å². The van der Waals surface area contributed by atoms with Crippen LogP contribution >= 0.6 is 23.5 Å². The van der Waals surface area contributed by atoms with Gasteiger partial charge in [0.15, 0.2) is 0 Å². The summed E-state index contributed by atoms with van der Waals surface area (Å²) in [5.74, 6) is -2.42. The molecule has 0 aliphatic rings. The van der Waals surface area contributed by atoms with E-state index in [0.29, 0.717) is 17.2 Å². The number of hydrogen-bond acceptors (Lipinski definition) is 7. The van der Waals surface area contributed by atoms with Gasteiger partial charge < -0.3 is 11.1 Å². The molecule has 0 saturated heterocycles. The first-order chi connectivity index (χ1) is 12.7. The van der Waals surface area contributed by atoms with Gasteiger partial charge >= 0.3 is 6.18 Å². The third kappa shape index (κ3) is 5.24. The maximum atomic E-state index is 13.3. The molecule has 1 amide bonds. The highest BCUT2D eigenvalue weighted by molar-refractivity contribution is 8.00. The topological polar surface area (TPSA) is 105 Å². The van der Waals surface area contributed by atoms with Crippen LogP contribution in [0.15, 0.2) is 28.3 Å². The molecular formula is C15H11F4N5OS2. The molecule has 0 saturated carbocycles. The average Bonchev–Trinajstić information content (AvgIpc) is 2.60. The van der Waals surface area contributed by atoms with Crippen molar-refractivity contribution < 1.29 is 22.4 Å². The average molecular weight is 417 g/mol. The second kappa shape index (κ2) is 8.45. The zero-order valence-corrected chi connectivity index (χ0v) is 15.2. The number of alkyl halides is 3. The van der Waals surface area contributed by atoms with Crippen LogP contribution in [0.3, 0.4) is 0 Å². The third-order valence-electron chi connectivity index (χ3n) is 3.06. The number of carbonyl (C=O) groups is 1. The van der Waals surface area contributed by atoms with Gasteiger partial charge in [-0.05, 0) is 24.5 Å². The Hall–Kier alpha value is -2.52. The predicted molar refractivity (Wildman–Crippen MR) is 93.7 cm³/mol. The molecule has 3 N–H and O–H groups in total. The summed E-state index contributed by atoms with van der Waals surface area (Å²) >= 11 is 2.06. The van der Waals surface area contributed by atoms with E-state index in [1.165, 1.54) is 11.8 Å². The number of carbonyl (C=O) groups excluding carboxylic acids is 1. The Bertz CT molecular complexity index is 914. The van der Waals surface area contributed by atoms with E-state index in [0.717, 1.165) is 17.8 Å². The minimum atomic E-state index is -4.88. The van der Waals surface area contributed by atoms with Crippen molar-refractivity contribution in [2.75, 3.05) is 23.1 Å². The van der Waals surface area contributed by atoms with Gasteiger partial charge in [0.05, 0.1) is 11.3 Å². The van der Waals surface area contributed by atoms with Crippen molar-refractivity contribution in [3.05, 3.63) is 35.1 Å². The van der Waals surface area contributed by atoms with Gasteiger partial charge in [-0.1, -0.05) is 11.8 Å². The summed E-state index contributed by atoms with van der Waals surface area (Å²) in [5.41, 5.74) is 4.02. The van der Waals surface area contributed by atoms with Crippen molar-refractivity contribution in [1.82, 2.24) is 9.97 Å². The molecule has 0 spiro atoms. The number of nitrogens with two attached hydrogens (primary N) is 1. The van der Waals surface area contributed by atoms with Crippen LogP contribution < -0.4 is 11.1 Å². The fraction of sp³-hybridized carbons (Fsp3) is 0.200. The van der Waals surface area contributed by atoms with E-state index in [-0.39, 0.29) is 28.0 Å². The van der Waals surface area contributed by atoms with Crippen LogP contribution in [0.2, 0.25) is 0 Å². The van der Waals surface area contributed by atoms with Crippen LogP contribution in [0.4, 0.5) is 29.2 Å². The van der Waals surface area contributed by atoms with E-state index in [4.69, 9.17) is 5.73 Å². The molecule has 1 aromatic carbocycles. The number of hydrogen-bond donors (Lipinski definition) is 2. The lowest BCUT2D eigenvalue weighted by atomic mass is 10.2. The Morgan fingerprint density at radius 2 is 2.00 bits per heavy atom. The monoisotopic (exact) mass is 417 g/mol. The predicted octanol–water partition coefficient (Wildman–Crippen LogP) is 3.54. The van der Waals surface area contributed by atoms with Crippen LogP contribution in [0.1, 0.15) is 11.1 Å². The fourth-order valence-electron chi connectivity index (χ4n) is 1.94. The molecule has 1 aromatic heterocycles. The maximum absolute atomic E-state index is 13.3. The molecule has 0 aliphatic heterocycles. The highest BCUT2D eigenvalue weighted by Gasteiger charge is 2.34. The summed E-state index contributed by atoms with van der Waals surface area (Å²) in [7, 11) is 0. The number of benzene rings is 1. The lowest BCUT2D eigenvalue weighted by molar-refractivity contribution is -0.140. The fourth-order valence-corrected chi connectivity index (χ4v) is 3.32. The number of thioether (sulfide) groups is 2. The van der Waals surface area contributed by atoms with E-state index in [9.17, 15) is 27.6 Å². The van der Waals surface area contributed by atoms with Gasteiger partial charge in [0.1, 0.15) is 27.5 Å². The van der Waals surface area contributed by atoms with Gasteiger partial charge in [0, 0.05) is 5.69 Å². The SMILES string of the molecule is CSc1nc(N)nc(SCC(=O)Nc2ccc(F)c(C(F)(F)F)c2)c1C#N. The molecule has 0 bridgehead atoms. The Labute approximate surface area is 159 Å². The van der Waals surface area contributed by atoms with Crippen molar-refractivity contribution in [2.24, 2.45) is 0 Å². The molecule has 0 aliphatic carbocycles. The number of nitriles is 1. The van der Waals surface area contributed by atoms with Gasteiger partial charge in [0.2, 0.25) is 11.9 Å². The van der Waals surface area contributed by atoms with Gasteiger partial charge in [-0.3, -0.25) is 4.79 Å². The van der Waals surface area contributed by atoms with Crippen LogP contribution in [-0.4, -0.2) is 27.9 Å². The van der Waals surface area contributed by atoms with Crippen molar-refractivity contribution in [3.8, 4) is 6.07 Å². The lowest BCUT2D eigenvalue weighted by Crippen LogP contribution is -2.16. The Morgan fingerprint density at radius 1 is 1.33 bits per heavy atom. The standard InChI is InChI=1S/C15H11F4N5OS2/c1-26-12-8(5-20)13(24-14(21)23-12)27-6-11(25)22-7-2-3-10(16)9(4-7)15(17,18)19/h2-4H,6H2,1H3,(H,22,25)(H2,21,23,24). The van der Waals surface area contributed by atoms with Crippen molar-refractivity contribution in [1.29, 1.82) is 5.26 Å². The highest BCUT2D eigenvalue weighted by Crippen LogP contribution is 2.33. The number of nitrogens with zero attached hydrogens (tertiary/aromatic N) is 3. The number of anilines is 2. The van der Waals surface area contributed by atoms with E-state index < -0.39 is 23.5 Å². The minimum Gasteiger partial charge on any atom is -0.368 e. The first kappa shape index (κ1) is 20.8. The number of aromatic nitrogens is 2. The molecule has 0 radical (unpaired) electrons. The summed E-state index contributed by atoms with van der Waals surface area (Å²) in [5, 5.41) is 12.0. The maximum Gasteiger partial charge on any atom is 0.419 e. The van der Waals surface area contributed by atoms with E-state index in [1.54, 1.807) is 6.26 Å². The summed E-state index contributed by atoms with van der Waals surface area (Å²) in [4.78, 5) is 19.8. The number of halogens is 4. The zero-order valence-electron chi connectivity index (χ0n) is 13.6. The quantitative estimate of drug-likeness (QED) is 0.436. The first-order valence-electron chi connectivity index (χ1n) is 7.06. The molecular weight excluding hydrogens is 406 g/mol. The number of nitrogens with one attached hydrogen (secondary N) is 1. The van der Waals surface area contributed by atoms with Crippen LogP contribution in [-0.2, 0) is 11.0 Å². The summed E-state index contributed by atoms with van der Waals surface area (Å²) in [6.45, 7) is 0. The second-order valence-electron chi connectivity index (χ2n) is 4.91. The molecule has 12 heteroatoms. The molecule has 6 nitrogen and oxygen atoms in total. The first-order valence-corrected chi connectivity index (χ1v) is 9.27. The van der Waals surface area contributed by atoms with Crippen molar-refractivity contribution >= 4 is 41.1 Å². The summed E-state index contributed by atoms with van der Waals surface area (Å²) in [6, 6.07) is 4.07. The highest BCUT2D eigenvalue weighted by atomic mass is 32.2. The Kier molecular flexibility index (Phi) is 6.50. The van der Waals surface area contributed by atoms with Crippen molar-refractivity contribution in [2.45, 2.75) is 16.2 Å². The van der Waals surface area contributed by atoms with Gasteiger partial charge in [0.25, 0.3) is 0 Å².